The summed E-state index contributed by atoms with van der Waals surface area (Å²) in [7, 11) is 1.45. The van der Waals surface area contributed by atoms with E-state index in [2.05, 4.69) is 22.8 Å². The fourth-order valence-electron chi connectivity index (χ4n) is 4.47. The number of hydrogen-bond acceptors (Lipinski definition) is 7. The van der Waals surface area contributed by atoms with Crippen LogP contribution in [0.2, 0.25) is 0 Å². The lowest BCUT2D eigenvalue weighted by molar-refractivity contribution is -0.142. The molecule has 1 amide bonds. The molecule has 208 valence electrons. The van der Waals surface area contributed by atoms with Gasteiger partial charge in [0.05, 0.1) is 6.10 Å². The number of nitrogens with zero attached hydrogens (tertiary/aromatic N) is 3. The molecule has 3 heterocycles. The summed E-state index contributed by atoms with van der Waals surface area (Å²) in [4.78, 5) is 42.8. The molecule has 2 aromatic rings. The Hall–Kier alpha value is -3.31. The smallest absolute Gasteiger partial charge is 0.326 e. The van der Waals surface area contributed by atoms with E-state index < -0.39 is 30.7 Å². The Bertz CT molecular complexity index is 1110. The van der Waals surface area contributed by atoms with E-state index in [-0.39, 0.29) is 18.5 Å². The van der Waals surface area contributed by atoms with Crippen LogP contribution in [0.25, 0.3) is 0 Å². The van der Waals surface area contributed by atoms with Crippen LogP contribution in [0.1, 0.15) is 36.9 Å². The van der Waals surface area contributed by atoms with Gasteiger partial charge in [-0.3, -0.25) is 9.59 Å². The van der Waals surface area contributed by atoms with Crippen molar-refractivity contribution >= 4 is 17.7 Å². The van der Waals surface area contributed by atoms with Gasteiger partial charge in [0.2, 0.25) is 5.91 Å². The lowest BCUT2D eigenvalue weighted by Gasteiger charge is -2.27. The lowest BCUT2D eigenvalue weighted by atomic mass is 10.1. The number of aromatic nitrogens is 2. The minimum absolute atomic E-state index is 0.130. The number of aryl methyl sites for hydroxylation is 2. The Morgan fingerprint density at radius 3 is 2.84 bits per heavy atom. The molecule has 0 fully saturated rings. The van der Waals surface area contributed by atoms with Crippen molar-refractivity contribution in [1.29, 1.82) is 0 Å². The van der Waals surface area contributed by atoms with Crippen molar-refractivity contribution in [3.05, 3.63) is 58.1 Å². The number of pyridine rings is 2. The quantitative estimate of drug-likeness (QED) is 0.280. The molecule has 0 bridgehead atoms. The Morgan fingerprint density at radius 2 is 2.11 bits per heavy atom. The number of aliphatic carboxylic acids is 1. The molecular formula is C27H38FN5O5. The number of carboxylic acid groups (broad SMARTS) is 1. The van der Waals surface area contributed by atoms with Gasteiger partial charge < -0.3 is 29.9 Å². The molecule has 0 spiro atoms. The number of hydrogen-bond donors (Lipinski definition) is 3. The molecule has 2 atom stereocenters. The molecule has 2 aromatic heterocycles. The summed E-state index contributed by atoms with van der Waals surface area (Å²) in [5.41, 5.74) is 1.92. The molecule has 0 saturated carbocycles. The monoisotopic (exact) mass is 531 g/mol. The number of methoxy groups -OCH3 is 1. The third-order valence-corrected chi connectivity index (χ3v) is 6.66. The summed E-state index contributed by atoms with van der Waals surface area (Å²) >= 11 is 0. The van der Waals surface area contributed by atoms with Crippen molar-refractivity contribution < 1.29 is 23.8 Å². The molecule has 1 aliphatic rings. The molecule has 1 aliphatic heterocycles. The first kappa shape index (κ1) is 29.2. The van der Waals surface area contributed by atoms with E-state index in [9.17, 15) is 23.9 Å². The summed E-state index contributed by atoms with van der Waals surface area (Å²) in [6.07, 6.45) is 5.64. The van der Waals surface area contributed by atoms with Crippen LogP contribution in [-0.2, 0) is 33.7 Å². The van der Waals surface area contributed by atoms with E-state index >= 15 is 0 Å². The zero-order chi connectivity index (χ0) is 27.3. The number of rotatable bonds is 16. The van der Waals surface area contributed by atoms with Crippen molar-refractivity contribution in [2.24, 2.45) is 0 Å². The summed E-state index contributed by atoms with van der Waals surface area (Å²) in [5.74, 6) is -0.762. The normalized spacial score (nSPS) is 14.4. The van der Waals surface area contributed by atoms with E-state index in [1.54, 1.807) is 12.1 Å². The van der Waals surface area contributed by atoms with E-state index in [0.29, 0.717) is 19.6 Å². The number of unbranched alkanes of at least 4 members (excludes halogenated alkanes) is 1. The molecule has 0 saturated heterocycles. The van der Waals surface area contributed by atoms with E-state index in [1.807, 2.05) is 4.90 Å². The number of carbonyl (C=O) groups is 2. The second-order valence-corrected chi connectivity index (χ2v) is 9.52. The average Bonchev–Trinajstić information content (AvgIpc) is 2.92. The maximum atomic E-state index is 13.4. The molecule has 10 nitrogen and oxygen atoms in total. The van der Waals surface area contributed by atoms with Gasteiger partial charge in [0, 0.05) is 44.7 Å². The predicted octanol–water partition coefficient (Wildman–Crippen LogP) is 1.87. The van der Waals surface area contributed by atoms with E-state index in [0.717, 1.165) is 50.2 Å². The number of halogens is 1. The van der Waals surface area contributed by atoms with Crippen molar-refractivity contribution in [1.82, 2.24) is 19.8 Å². The molecule has 0 aliphatic carbocycles. The summed E-state index contributed by atoms with van der Waals surface area (Å²) < 4.78 is 19.8. The van der Waals surface area contributed by atoms with Gasteiger partial charge in [-0.25, -0.2) is 14.2 Å². The molecular weight excluding hydrogens is 493 g/mol. The fourth-order valence-corrected chi connectivity index (χ4v) is 4.47. The van der Waals surface area contributed by atoms with Crippen LogP contribution in [-0.4, -0.2) is 83.5 Å². The number of amides is 1. The Balaban J connectivity index is 1.51. The Labute approximate surface area is 222 Å². The minimum Gasteiger partial charge on any atom is -0.480 e. The average molecular weight is 532 g/mol. The number of nitrogens with one attached hydrogen (secondary N) is 2. The van der Waals surface area contributed by atoms with Crippen LogP contribution in [0.15, 0.2) is 41.3 Å². The van der Waals surface area contributed by atoms with Crippen LogP contribution in [0.3, 0.4) is 0 Å². The van der Waals surface area contributed by atoms with Gasteiger partial charge in [0.1, 0.15) is 25.1 Å². The number of fused-ring (bicyclic) bond motifs is 1. The zero-order valence-corrected chi connectivity index (χ0v) is 21.9. The van der Waals surface area contributed by atoms with Gasteiger partial charge >= 0.3 is 5.97 Å². The first-order valence-electron chi connectivity index (χ1n) is 13.1. The fraction of sp³-hybridized carbons (Fsp3) is 0.556. The summed E-state index contributed by atoms with van der Waals surface area (Å²) in [5, 5.41) is 15.5. The second-order valence-electron chi connectivity index (χ2n) is 9.52. The molecule has 2 unspecified atom stereocenters. The molecule has 11 heteroatoms. The van der Waals surface area contributed by atoms with Crippen LogP contribution in [0.4, 0.5) is 10.2 Å². The molecule has 38 heavy (non-hydrogen) atoms. The summed E-state index contributed by atoms with van der Waals surface area (Å²) in [6, 6.07) is 7.58. The highest BCUT2D eigenvalue weighted by atomic mass is 19.1. The lowest BCUT2D eigenvalue weighted by Crippen LogP contribution is -2.46. The molecule has 0 radical (unpaired) electrons. The number of alkyl halides is 1. The number of ether oxygens (including phenoxy) is 1. The van der Waals surface area contributed by atoms with Crippen molar-refractivity contribution in [2.75, 3.05) is 45.3 Å². The predicted molar refractivity (Wildman–Crippen MR) is 142 cm³/mol. The highest BCUT2D eigenvalue weighted by molar-refractivity contribution is 5.83. The SMILES string of the molecule is COC(CF)CN(CCCCc1ccc2c(n1)NCCC2)CCC(NC(=O)Cn1ccccc1=O)C(=O)O. The van der Waals surface area contributed by atoms with Gasteiger partial charge in [-0.15, -0.1) is 0 Å². The van der Waals surface area contributed by atoms with Gasteiger partial charge in [0.25, 0.3) is 5.56 Å². The largest absolute Gasteiger partial charge is 0.480 e. The van der Waals surface area contributed by atoms with E-state index in [4.69, 9.17) is 9.72 Å². The van der Waals surface area contributed by atoms with Crippen LogP contribution in [0, 0.1) is 0 Å². The number of carbonyl (C=O) groups excluding carboxylic acids is 1. The highest BCUT2D eigenvalue weighted by Gasteiger charge is 2.22. The molecule has 3 N–H and O–H groups in total. The molecule has 0 aromatic carbocycles. The maximum absolute atomic E-state index is 13.4. The first-order chi connectivity index (χ1) is 18.4. The third-order valence-electron chi connectivity index (χ3n) is 6.66. The van der Waals surface area contributed by atoms with Crippen molar-refractivity contribution in [3.63, 3.8) is 0 Å². The Morgan fingerprint density at radius 1 is 1.26 bits per heavy atom. The van der Waals surface area contributed by atoms with Crippen LogP contribution < -0.4 is 16.2 Å². The number of carboxylic acids is 1. The van der Waals surface area contributed by atoms with Gasteiger partial charge in [-0.05, 0) is 62.8 Å². The van der Waals surface area contributed by atoms with Crippen molar-refractivity contribution in [3.8, 4) is 0 Å². The highest BCUT2D eigenvalue weighted by Crippen LogP contribution is 2.20. The van der Waals surface area contributed by atoms with E-state index in [1.165, 1.54) is 29.5 Å². The maximum Gasteiger partial charge on any atom is 0.326 e. The van der Waals surface area contributed by atoms with Crippen LogP contribution in [0.5, 0.6) is 0 Å². The second kappa shape index (κ2) is 15.2. The standard InChI is InChI=1S/C27H38FN5O5/c1-38-22(17-28)18-32(14-4-2-8-21-11-10-20-7-6-13-29-26(20)30-21)16-12-23(27(36)37)31-24(34)19-33-15-5-3-9-25(33)35/h3,5,9-11,15,22-23H,2,4,6-8,12-14,16-19H2,1H3,(H,29,30)(H,31,34)(H,36,37). The van der Waals surface area contributed by atoms with Crippen molar-refractivity contribution in [2.45, 2.75) is 57.2 Å². The van der Waals surface area contributed by atoms with Gasteiger partial charge in [0.15, 0.2) is 0 Å². The first-order valence-corrected chi connectivity index (χ1v) is 13.1. The third kappa shape index (κ3) is 9.21. The topological polar surface area (TPSA) is 126 Å². The minimum atomic E-state index is -1.17. The number of anilines is 1. The zero-order valence-electron chi connectivity index (χ0n) is 21.9. The van der Waals surface area contributed by atoms with Gasteiger partial charge in [-0.2, -0.15) is 0 Å². The summed E-state index contributed by atoms with van der Waals surface area (Å²) in [6.45, 7) is 1.30. The molecule has 3 rings (SSSR count). The van der Waals surface area contributed by atoms with Gasteiger partial charge in [-0.1, -0.05) is 12.1 Å². The van der Waals surface area contributed by atoms with Crippen LogP contribution >= 0.6 is 0 Å². The Kier molecular flexibility index (Phi) is 11.7.